The highest BCUT2D eigenvalue weighted by atomic mass is 32.2. The van der Waals surface area contributed by atoms with Crippen molar-refractivity contribution < 1.29 is 22.4 Å². The Labute approximate surface area is 170 Å². The summed E-state index contributed by atoms with van der Waals surface area (Å²) >= 11 is 0. The summed E-state index contributed by atoms with van der Waals surface area (Å²) in [6.45, 7) is 0.847. The fourth-order valence-corrected chi connectivity index (χ4v) is 3.46. The number of methoxy groups -OCH3 is 1. The molecule has 0 spiro atoms. The van der Waals surface area contributed by atoms with Crippen molar-refractivity contribution in [3.05, 3.63) is 83.6 Å². The van der Waals surface area contributed by atoms with Gasteiger partial charge in [0.1, 0.15) is 5.75 Å². The van der Waals surface area contributed by atoms with Crippen molar-refractivity contribution in [2.75, 3.05) is 19.9 Å². The normalized spacial score (nSPS) is 11.2. The van der Waals surface area contributed by atoms with Crippen LogP contribution in [-0.2, 0) is 22.8 Å². The number of hydrogen-bond acceptors (Lipinski definition) is 5. The molecule has 7 heteroatoms. The van der Waals surface area contributed by atoms with Crippen molar-refractivity contribution >= 4 is 15.7 Å². The Bertz CT molecular complexity index is 1060. The summed E-state index contributed by atoms with van der Waals surface area (Å²) in [5.41, 5.74) is 2.04. The first-order valence-corrected chi connectivity index (χ1v) is 11.0. The van der Waals surface area contributed by atoms with Crippen molar-refractivity contribution in [3.8, 4) is 5.75 Å². The van der Waals surface area contributed by atoms with E-state index in [1.807, 2.05) is 54.6 Å². The molecule has 0 aliphatic carbocycles. The van der Waals surface area contributed by atoms with Crippen LogP contribution in [0.5, 0.6) is 5.75 Å². The second kappa shape index (κ2) is 8.96. The zero-order chi connectivity index (χ0) is 20.9. The van der Waals surface area contributed by atoms with Crippen molar-refractivity contribution in [2.45, 2.75) is 18.1 Å². The second-order valence-corrected chi connectivity index (χ2v) is 8.65. The summed E-state index contributed by atoms with van der Waals surface area (Å²) < 4.78 is 33.8. The van der Waals surface area contributed by atoms with Crippen LogP contribution in [-0.4, -0.2) is 39.1 Å². The molecular weight excluding hydrogens is 390 g/mol. The molecule has 1 amide bonds. The number of nitrogens with zero attached hydrogens (tertiary/aromatic N) is 1. The van der Waals surface area contributed by atoms with E-state index >= 15 is 0 Å². The molecule has 3 rings (SSSR count). The first-order valence-electron chi connectivity index (χ1n) is 9.13. The lowest BCUT2D eigenvalue weighted by Crippen LogP contribution is -2.32. The highest BCUT2D eigenvalue weighted by Crippen LogP contribution is 2.18. The minimum atomic E-state index is -3.51. The molecule has 1 aromatic heterocycles. The number of sulfone groups is 1. The van der Waals surface area contributed by atoms with Crippen LogP contribution < -0.4 is 4.74 Å². The van der Waals surface area contributed by atoms with Crippen LogP contribution in [0.3, 0.4) is 0 Å². The number of carbonyl (C=O) groups excluding carboxylic acids is 1. The van der Waals surface area contributed by atoms with E-state index < -0.39 is 9.84 Å². The minimum Gasteiger partial charge on any atom is -0.497 e. The molecular formula is C22H23NO5S. The van der Waals surface area contributed by atoms with Gasteiger partial charge in [-0.25, -0.2) is 8.42 Å². The van der Waals surface area contributed by atoms with Gasteiger partial charge in [0, 0.05) is 19.3 Å². The average molecular weight is 413 g/mol. The highest BCUT2D eigenvalue weighted by molar-refractivity contribution is 7.90. The van der Waals surface area contributed by atoms with Gasteiger partial charge in [-0.05, 0) is 41.8 Å². The van der Waals surface area contributed by atoms with Gasteiger partial charge < -0.3 is 14.1 Å². The van der Waals surface area contributed by atoms with Gasteiger partial charge in [0.2, 0.25) is 14.9 Å². The molecule has 0 radical (unpaired) electrons. The number of carbonyl (C=O) groups is 1. The molecule has 3 aromatic rings. The Hall–Kier alpha value is -3.06. The quantitative estimate of drug-likeness (QED) is 0.564. The Morgan fingerprint density at radius 2 is 1.66 bits per heavy atom. The fraction of sp³-hybridized carbons (Fsp3) is 0.227. The van der Waals surface area contributed by atoms with Gasteiger partial charge in [-0.15, -0.1) is 0 Å². The lowest BCUT2D eigenvalue weighted by molar-refractivity contribution is 0.0707. The third kappa shape index (κ3) is 5.48. The van der Waals surface area contributed by atoms with Crippen molar-refractivity contribution in [1.82, 2.24) is 4.90 Å². The van der Waals surface area contributed by atoms with Crippen LogP contribution in [0.1, 0.15) is 21.7 Å². The van der Waals surface area contributed by atoms with Crippen molar-refractivity contribution in [2.24, 2.45) is 0 Å². The zero-order valence-corrected chi connectivity index (χ0v) is 17.2. The van der Waals surface area contributed by atoms with E-state index in [9.17, 15) is 13.2 Å². The Morgan fingerprint density at radius 3 is 2.24 bits per heavy atom. The van der Waals surface area contributed by atoms with Crippen molar-refractivity contribution in [1.29, 1.82) is 0 Å². The van der Waals surface area contributed by atoms with E-state index in [2.05, 4.69) is 0 Å². The largest absolute Gasteiger partial charge is 0.497 e. The Kier molecular flexibility index (Phi) is 6.39. The van der Waals surface area contributed by atoms with E-state index in [-0.39, 0.29) is 16.8 Å². The van der Waals surface area contributed by atoms with E-state index in [1.165, 1.54) is 12.1 Å². The van der Waals surface area contributed by atoms with Gasteiger partial charge in [0.25, 0.3) is 5.91 Å². The molecule has 29 heavy (non-hydrogen) atoms. The highest BCUT2D eigenvalue weighted by Gasteiger charge is 2.22. The van der Waals surface area contributed by atoms with Crippen LogP contribution in [0.15, 0.2) is 76.2 Å². The molecule has 0 aliphatic rings. The number of ether oxygens (including phenoxy) is 1. The maximum atomic E-state index is 13.0. The van der Waals surface area contributed by atoms with Gasteiger partial charge in [0.05, 0.1) is 7.11 Å². The monoisotopic (exact) mass is 413 g/mol. The first-order chi connectivity index (χ1) is 13.9. The summed E-state index contributed by atoms with van der Waals surface area (Å²) in [6, 6.07) is 20.0. The standard InChI is InChI=1S/C22H23NO5S/c1-27-19-10-8-17(9-11-19)14-15-23(16-18-6-4-3-5-7-18)22(24)20-12-13-21(28-20)29(2,25)26/h3-13H,14-16H2,1-2H3. The predicted molar refractivity (Wildman–Crippen MR) is 110 cm³/mol. The van der Waals surface area contributed by atoms with Gasteiger partial charge >= 0.3 is 0 Å². The summed E-state index contributed by atoms with van der Waals surface area (Å²) in [5, 5.41) is -0.212. The maximum Gasteiger partial charge on any atom is 0.289 e. The molecule has 0 fully saturated rings. The molecule has 0 aliphatic heterocycles. The van der Waals surface area contributed by atoms with Gasteiger partial charge in [-0.3, -0.25) is 4.79 Å². The molecule has 152 valence electrons. The topological polar surface area (TPSA) is 76.8 Å². The van der Waals surface area contributed by atoms with E-state index in [4.69, 9.17) is 9.15 Å². The summed E-state index contributed by atoms with van der Waals surface area (Å²) in [6.07, 6.45) is 1.69. The Morgan fingerprint density at radius 1 is 0.966 bits per heavy atom. The van der Waals surface area contributed by atoms with Gasteiger partial charge in [0.15, 0.2) is 5.76 Å². The average Bonchev–Trinajstić information content (AvgIpc) is 3.22. The van der Waals surface area contributed by atoms with E-state index in [1.54, 1.807) is 12.0 Å². The van der Waals surface area contributed by atoms with Crippen LogP contribution in [0, 0.1) is 0 Å². The molecule has 0 bridgehead atoms. The SMILES string of the molecule is COc1ccc(CCN(Cc2ccccc2)C(=O)c2ccc(S(C)(=O)=O)o2)cc1. The molecule has 0 saturated heterocycles. The molecule has 0 N–H and O–H groups in total. The third-order valence-corrected chi connectivity index (χ3v) is 5.44. The van der Waals surface area contributed by atoms with Crippen molar-refractivity contribution in [3.63, 3.8) is 0 Å². The van der Waals surface area contributed by atoms with Gasteiger partial charge in [-0.1, -0.05) is 42.5 Å². The molecule has 0 unspecified atom stereocenters. The zero-order valence-electron chi connectivity index (χ0n) is 16.4. The molecule has 0 atom stereocenters. The predicted octanol–water partition coefficient (Wildman–Crippen LogP) is 3.58. The minimum absolute atomic E-state index is 0.0103. The summed E-state index contributed by atoms with van der Waals surface area (Å²) in [7, 11) is -1.90. The third-order valence-electron chi connectivity index (χ3n) is 4.49. The molecule has 2 aromatic carbocycles. The van der Waals surface area contributed by atoms with Gasteiger partial charge in [-0.2, -0.15) is 0 Å². The summed E-state index contributed by atoms with van der Waals surface area (Å²) in [4.78, 5) is 14.7. The number of amides is 1. The number of benzene rings is 2. The van der Waals surface area contributed by atoms with Crippen LogP contribution >= 0.6 is 0 Å². The second-order valence-electron chi connectivity index (χ2n) is 6.70. The summed E-state index contributed by atoms with van der Waals surface area (Å²) in [5.74, 6) is 0.434. The lowest BCUT2D eigenvalue weighted by Gasteiger charge is -2.22. The number of hydrogen-bond donors (Lipinski definition) is 0. The maximum absolute atomic E-state index is 13.0. The lowest BCUT2D eigenvalue weighted by atomic mass is 10.1. The number of furan rings is 1. The van der Waals surface area contributed by atoms with Crippen LogP contribution in [0.25, 0.3) is 0 Å². The molecule has 1 heterocycles. The first kappa shape index (κ1) is 20.7. The van der Waals surface area contributed by atoms with E-state index in [0.29, 0.717) is 19.5 Å². The smallest absolute Gasteiger partial charge is 0.289 e. The van der Waals surface area contributed by atoms with E-state index in [0.717, 1.165) is 23.1 Å². The molecule has 6 nitrogen and oxygen atoms in total. The number of rotatable bonds is 8. The Balaban J connectivity index is 1.79. The molecule has 0 saturated carbocycles. The fourth-order valence-electron chi connectivity index (χ4n) is 2.90. The van der Waals surface area contributed by atoms with Crippen LogP contribution in [0.2, 0.25) is 0 Å². The van der Waals surface area contributed by atoms with Crippen LogP contribution in [0.4, 0.5) is 0 Å².